The first-order valence-electron chi connectivity index (χ1n) is 13.5. The van der Waals surface area contributed by atoms with Crippen LogP contribution in [0.3, 0.4) is 0 Å². The molecule has 0 spiro atoms. The van der Waals surface area contributed by atoms with Crippen molar-refractivity contribution in [3.8, 4) is 0 Å². The SMILES string of the molecule is CC(C)CN([C@H](CO)CCCCNC(=O)N(Cc1ccncc1)Cc1ccncc1)S(=O)(=O)c1ccc(N)cc1. The zero-order valence-corrected chi connectivity index (χ0v) is 24.0. The number of nitrogens with two attached hydrogens (primary N) is 1. The third kappa shape index (κ3) is 9.29. The summed E-state index contributed by atoms with van der Waals surface area (Å²) < 4.78 is 28.3. The van der Waals surface area contributed by atoms with E-state index in [-0.39, 0.29) is 30.0 Å². The van der Waals surface area contributed by atoms with Crippen molar-refractivity contribution in [1.82, 2.24) is 24.5 Å². The Labute approximate surface area is 237 Å². The third-order valence-corrected chi connectivity index (χ3v) is 8.36. The Hall–Kier alpha value is -3.54. The molecular weight excluding hydrogens is 528 g/mol. The molecule has 4 N–H and O–H groups in total. The highest BCUT2D eigenvalue weighted by Gasteiger charge is 2.31. The fraction of sp³-hybridized carbons (Fsp3) is 0.414. The molecule has 0 aliphatic heterocycles. The van der Waals surface area contributed by atoms with Gasteiger partial charge >= 0.3 is 6.03 Å². The summed E-state index contributed by atoms with van der Waals surface area (Å²) in [5.74, 6) is 0.0728. The number of nitrogens with one attached hydrogen (secondary N) is 1. The van der Waals surface area contributed by atoms with E-state index in [1.807, 2.05) is 38.1 Å². The zero-order chi connectivity index (χ0) is 29.0. The van der Waals surface area contributed by atoms with E-state index in [2.05, 4.69) is 15.3 Å². The fourth-order valence-corrected chi connectivity index (χ4v) is 6.14. The largest absolute Gasteiger partial charge is 0.399 e. The van der Waals surface area contributed by atoms with Crippen LogP contribution in [0.25, 0.3) is 0 Å². The van der Waals surface area contributed by atoms with Gasteiger partial charge in [0, 0.05) is 62.7 Å². The van der Waals surface area contributed by atoms with Crippen LogP contribution in [0, 0.1) is 5.92 Å². The van der Waals surface area contributed by atoms with E-state index in [4.69, 9.17) is 5.73 Å². The van der Waals surface area contributed by atoms with Crippen LogP contribution in [-0.4, -0.2) is 64.5 Å². The highest BCUT2D eigenvalue weighted by Crippen LogP contribution is 2.23. The Bertz CT molecular complexity index is 1230. The molecule has 2 aromatic heterocycles. The number of hydrogen-bond acceptors (Lipinski definition) is 7. The van der Waals surface area contributed by atoms with Crippen LogP contribution in [0.4, 0.5) is 10.5 Å². The number of aliphatic hydroxyl groups excluding tert-OH is 1. The molecule has 0 fully saturated rings. The van der Waals surface area contributed by atoms with Crippen LogP contribution in [-0.2, 0) is 23.1 Å². The fourth-order valence-electron chi connectivity index (χ4n) is 4.33. The average molecular weight is 569 g/mol. The van der Waals surface area contributed by atoms with E-state index in [1.54, 1.807) is 41.8 Å². The van der Waals surface area contributed by atoms with Gasteiger partial charge in [-0.2, -0.15) is 4.31 Å². The minimum atomic E-state index is -3.82. The molecule has 2 heterocycles. The van der Waals surface area contributed by atoms with Crippen LogP contribution >= 0.6 is 0 Å². The molecule has 10 nitrogen and oxygen atoms in total. The van der Waals surface area contributed by atoms with Gasteiger partial charge in [-0.15, -0.1) is 0 Å². The summed E-state index contributed by atoms with van der Waals surface area (Å²) in [6.07, 6.45) is 8.53. The summed E-state index contributed by atoms with van der Waals surface area (Å²) in [4.78, 5) is 23.1. The Kier molecular flexibility index (Phi) is 11.9. The van der Waals surface area contributed by atoms with Crippen molar-refractivity contribution >= 4 is 21.7 Å². The van der Waals surface area contributed by atoms with Crippen LogP contribution in [0.15, 0.2) is 78.2 Å². The number of benzene rings is 1. The molecule has 3 aromatic rings. The van der Waals surface area contributed by atoms with Crippen molar-refractivity contribution in [2.45, 2.75) is 57.1 Å². The van der Waals surface area contributed by atoms with Gasteiger partial charge in [-0.25, -0.2) is 13.2 Å². The van der Waals surface area contributed by atoms with Crippen LogP contribution < -0.4 is 11.1 Å². The number of unbranched alkanes of at least 4 members (excludes halogenated alkanes) is 1. The number of amides is 2. The molecule has 0 bridgehead atoms. The smallest absolute Gasteiger partial charge is 0.318 e. The number of sulfonamides is 1. The molecule has 0 aliphatic rings. The standard InChI is InChI=1S/C29H40N6O4S/c1-23(2)19-35(40(38,39)28-8-6-26(30)7-9-28)27(22-36)5-3-4-14-33-29(37)34(20-24-10-15-31-16-11-24)21-25-12-17-32-18-13-25/h6-13,15-18,23,27,36H,3-5,14,19-22,30H2,1-2H3,(H,33,37)/t27-/m0/s1. The molecule has 1 aromatic carbocycles. The van der Waals surface area contributed by atoms with Crippen molar-refractivity contribution < 1.29 is 18.3 Å². The lowest BCUT2D eigenvalue weighted by Crippen LogP contribution is -2.44. The number of carbonyl (C=O) groups is 1. The van der Waals surface area contributed by atoms with Crippen molar-refractivity contribution in [3.63, 3.8) is 0 Å². The van der Waals surface area contributed by atoms with E-state index in [9.17, 15) is 18.3 Å². The van der Waals surface area contributed by atoms with Gasteiger partial charge < -0.3 is 21.1 Å². The molecule has 0 aliphatic carbocycles. The first kappa shape index (κ1) is 31.0. The van der Waals surface area contributed by atoms with E-state index < -0.39 is 16.1 Å². The molecule has 2 amide bonds. The quantitative estimate of drug-likeness (QED) is 0.188. The maximum atomic E-state index is 13.4. The highest BCUT2D eigenvalue weighted by atomic mass is 32.2. The van der Waals surface area contributed by atoms with Crippen molar-refractivity contribution in [2.24, 2.45) is 5.92 Å². The summed E-state index contributed by atoms with van der Waals surface area (Å²) in [5, 5.41) is 13.1. The number of nitrogen functional groups attached to an aromatic ring is 1. The third-order valence-electron chi connectivity index (χ3n) is 6.42. The molecule has 0 saturated carbocycles. The molecule has 0 radical (unpaired) electrons. The molecule has 3 rings (SSSR count). The van der Waals surface area contributed by atoms with Crippen LogP contribution in [0.2, 0.25) is 0 Å². The van der Waals surface area contributed by atoms with Crippen molar-refractivity contribution in [2.75, 3.05) is 25.4 Å². The molecule has 0 saturated heterocycles. The summed E-state index contributed by atoms with van der Waals surface area (Å²) in [7, 11) is -3.82. The average Bonchev–Trinajstić information content (AvgIpc) is 2.94. The second-order valence-corrected chi connectivity index (χ2v) is 12.1. The number of rotatable bonds is 15. The first-order valence-corrected chi connectivity index (χ1v) is 14.9. The van der Waals surface area contributed by atoms with Gasteiger partial charge in [0.15, 0.2) is 0 Å². The predicted octanol–water partition coefficient (Wildman–Crippen LogP) is 3.65. The zero-order valence-electron chi connectivity index (χ0n) is 23.2. The predicted molar refractivity (Wildman–Crippen MR) is 155 cm³/mol. The number of pyridine rings is 2. The maximum absolute atomic E-state index is 13.4. The number of aliphatic hydroxyl groups is 1. The Morgan fingerprint density at radius 2 is 1.48 bits per heavy atom. The van der Waals surface area contributed by atoms with Gasteiger partial charge in [0.1, 0.15) is 0 Å². The minimum Gasteiger partial charge on any atom is -0.399 e. The topological polar surface area (TPSA) is 142 Å². The van der Waals surface area contributed by atoms with E-state index in [1.165, 1.54) is 16.4 Å². The molecule has 1 atom stereocenters. The number of carbonyl (C=O) groups excluding carboxylic acids is 1. The molecular formula is C29H40N6O4S. The van der Waals surface area contributed by atoms with Gasteiger partial charge in [-0.3, -0.25) is 9.97 Å². The van der Waals surface area contributed by atoms with Gasteiger partial charge in [-0.05, 0) is 78.4 Å². The lowest BCUT2D eigenvalue weighted by Gasteiger charge is -2.31. The number of anilines is 1. The Morgan fingerprint density at radius 1 is 0.925 bits per heavy atom. The minimum absolute atomic E-state index is 0.0728. The second-order valence-electron chi connectivity index (χ2n) is 10.2. The number of urea groups is 1. The van der Waals surface area contributed by atoms with Crippen molar-refractivity contribution in [1.29, 1.82) is 0 Å². The van der Waals surface area contributed by atoms with Gasteiger partial charge in [-0.1, -0.05) is 20.3 Å². The number of aromatic nitrogens is 2. The lowest BCUT2D eigenvalue weighted by atomic mass is 10.1. The summed E-state index contributed by atoms with van der Waals surface area (Å²) >= 11 is 0. The van der Waals surface area contributed by atoms with E-state index in [0.717, 1.165) is 11.1 Å². The molecule has 11 heteroatoms. The molecule has 40 heavy (non-hydrogen) atoms. The van der Waals surface area contributed by atoms with Gasteiger partial charge in [0.25, 0.3) is 0 Å². The van der Waals surface area contributed by atoms with Gasteiger partial charge in [0.05, 0.1) is 11.5 Å². The maximum Gasteiger partial charge on any atom is 0.318 e. The first-order chi connectivity index (χ1) is 19.2. The van der Waals surface area contributed by atoms with Crippen LogP contribution in [0.5, 0.6) is 0 Å². The van der Waals surface area contributed by atoms with Crippen molar-refractivity contribution in [3.05, 3.63) is 84.4 Å². The molecule has 216 valence electrons. The normalized spacial score (nSPS) is 12.4. The molecule has 0 unspecified atom stereocenters. The monoisotopic (exact) mass is 568 g/mol. The highest BCUT2D eigenvalue weighted by molar-refractivity contribution is 7.89. The van der Waals surface area contributed by atoms with Crippen LogP contribution in [0.1, 0.15) is 44.2 Å². The van der Waals surface area contributed by atoms with E-state index in [0.29, 0.717) is 44.6 Å². The summed E-state index contributed by atoms with van der Waals surface area (Å²) in [6, 6.07) is 12.8. The second kappa shape index (κ2) is 15.3. The lowest BCUT2D eigenvalue weighted by molar-refractivity contribution is 0.167. The Balaban J connectivity index is 1.58. The number of hydrogen-bond donors (Lipinski definition) is 3. The summed E-state index contributed by atoms with van der Waals surface area (Å²) in [5.41, 5.74) is 8.16. The van der Waals surface area contributed by atoms with E-state index >= 15 is 0 Å². The summed E-state index contributed by atoms with van der Waals surface area (Å²) in [6.45, 7) is 5.16. The Morgan fingerprint density at radius 3 is 1.98 bits per heavy atom. The number of nitrogens with zero attached hydrogens (tertiary/aromatic N) is 4. The van der Waals surface area contributed by atoms with Gasteiger partial charge in [0.2, 0.25) is 10.0 Å².